The largest absolute Gasteiger partial charge is 0.256 e. The molecular weight excluding hydrogens is 370 g/mol. The fourth-order valence-corrected chi connectivity index (χ4v) is 5.08. The number of hydrogen-bond acceptors (Lipinski definition) is 2. The fraction of sp³-hybridized carbons (Fsp3) is 0.148. The third kappa shape index (κ3) is 3.45. The molecule has 2 heterocycles. The highest BCUT2D eigenvalue weighted by Gasteiger charge is 2.12. The van der Waals surface area contributed by atoms with Crippen molar-refractivity contribution in [2.24, 2.45) is 5.92 Å². The topological polar surface area (TPSA) is 12.9 Å². The normalized spacial score (nSPS) is 13.1. The molecule has 0 aliphatic heterocycles. The fourth-order valence-electron chi connectivity index (χ4n) is 3.81. The van der Waals surface area contributed by atoms with Crippen LogP contribution in [0.3, 0.4) is 0 Å². The summed E-state index contributed by atoms with van der Waals surface area (Å²) in [6.07, 6.45) is 0.334. The molecule has 5 aromatic rings. The first kappa shape index (κ1) is 15.9. The van der Waals surface area contributed by atoms with Crippen molar-refractivity contribution in [3.8, 4) is 22.4 Å². The summed E-state index contributed by atoms with van der Waals surface area (Å²) < 4.78 is 19.4. The molecule has 0 aliphatic carbocycles. The summed E-state index contributed by atoms with van der Waals surface area (Å²) in [4.78, 5) is 4.61. The van der Waals surface area contributed by atoms with Crippen LogP contribution in [0.5, 0.6) is 0 Å². The van der Waals surface area contributed by atoms with Crippen molar-refractivity contribution < 1.29 is 2.74 Å². The van der Waals surface area contributed by atoms with Crippen molar-refractivity contribution in [2.45, 2.75) is 20.2 Å². The molecular formula is C27H23NS. The second kappa shape index (κ2) is 7.46. The lowest BCUT2D eigenvalue weighted by Gasteiger charge is -2.08. The molecule has 0 spiro atoms. The Hall–Kier alpha value is -2.97. The van der Waals surface area contributed by atoms with Gasteiger partial charge in [-0.3, -0.25) is 4.98 Å². The van der Waals surface area contributed by atoms with Gasteiger partial charge in [-0.2, -0.15) is 0 Å². The Kier molecular flexibility index (Phi) is 4.09. The minimum Gasteiger partial charge on any atom is -0.256 e. The predicted molar refractivity (Wildman–Crippen MR) is 127 cm³/mol. The van der Waals surface area contributed by atoms with Crippen LogP contribution >= 0.6 is 11.3 Å². The van der Waals surface area contributed by atoms with E-state index in [1.165, 1.54) is 31.3 Å². The molecule has 0 amide bonds. The van der Waals surface area contributed by atoms with E-state index in [1.807, 2.05) is 26.0 Å². The number of hydrogen-bond donors (Lipinski definition) is 0. The molecule has 5 rings (SSSR count). The first-order chi connectivity index (χ1) is 14.9. The van der Waals surface area contributed by atoms with Crippen LogP contribution < -0.4 is 0 Å². The van der Waals surface area contributed by atoms with E-state index in [2.05, 4.69) is 65.6 Å². The van der Waals surface area contributed by atoms with Crippen LogP contribution in [0.4, 0.5) is 0 Å². The van der Waals surface area contributed by atoms with Gasteiger partial charge in [0, 0.05) is 34.7 Å². The lowest BCUT2D eigenvalue weighted by molar-refractivity contribution is 0.647. The van der Waals surface area contributed by atoms with E-state index in [4.69, 9.17) is 2.74 Å². The maximum absolute atomic E-state index is 8.48. The smallest absolute Gasteiger partial charge is 0.0719 e. The quantitative estimate of drug-likeness (QED) is 0.300. The molecule has 0 N–H and O–H groups in total. The van der Waals surface area contributed by atoms with Crippen LogP contribution in [0.2, 0.25) is 0 Å². The van der Waals surface area contributed by atoms with Gasteiger partial charge in [0.2, 0.25) is 0 Å². The first-order valence-electron chi connectivity index (χ1n) is 10.9. The van der Waals surface area contributed by atoms with Crippen LogP contribution in [0, 0.1) is 5.92 Å². The molecule has 0 aliphatic rings. The van der Waals surface area contributed by atoms with Gasteiger partial charge in [-0.1, -0.05) is 74.5 Å². The average Bonchev–Trinajstić information content (AvgIpc) is 3.17. The minimum absolute atomic E-state index is 0.112. The Morgan fingerprint density at radius 1 is 0.862 bits per heavy atom. The predicted octanol–water partition coefficient (Wildman–Crippen LogP) is 7.98. The Bertz CT molecular complexity index is 1390. The molecule has 0 saturated heterocycles. The van der Waals surface area contributed by atoms with E-state index in [1.54, 1.807) is 23.6 Å². The Balaban J connectivity index is 1.67. The molecule has 1 nitrogen and oxygen atoms in total. The molecule has 0 unspecified atom stereocenters. The lowest BCUT2D eigenvalue weighted by atomic mass is 10.0. The van der Waals surface area contributed by atoms with Crippen LogP contribution in [0.1, 0.15) is 22.2 Å². The van der Waals surface area contributed by atoms with Gasteiger partial charge in [0.15, 0.2) is 0 Å². The van der Waals surface area contributed by atoms with Gasteiger partial charge in [0.1, 0.15) is 0 Å². The molecule has 0 fully saturated rings. The minimum atomic E-state index is -1.39. The van der Waals surface area contributed by atoms with E-state index in [-0.39, 0.29) is 5.92 Å². The molecule has 29 heavy (non-hydrogen) atoms. The lowest BCUT2D eigenvalue weighted by Crippen LogP contribution is -1.95. The van der Waals surface area contributed by atoms with Gasteiger partial charge in [-0.15, -0.1) is 11.3 Å². The maximum atomic E-state index is 8.48. The monoisotopic (exact) mass is 395 g/mol. The zero-order valence-corrected chi connectivity index (χ0v) is 17.3. The first-order valence-corrected chi connectivity index (χ1v) is 10.7. The maximum Gasteiger partial charge on any atom is 0.0719 e. The number of aromatic nitrogens is 1. The van der Waals surface area contributed by atoms with Crippen molar-refractivity contribution in [1.82, 2.24) is 4.98 Å². The van der Waals surface area contributed by atoms with Crippen LogP contribution in [-0.4, -0.2) is 4.98 Å². The van der Waals surface area contributed by atoms with Gasteiger partial charge < -0.3 is 0 Å². The molecule has 0 atom stereocenters. The summed E-state index contributed by atoms with van der Waals surface area (Å²) in [5, 5.41) is 2.46. The Morgan fingerprint density at radius 3 is 2.55 bits per heavy atom. The molecule has 0 radical (unpaired) electrons. The van der Waals surface area contributed by atoms with Crippen molar-refractivity contribution in [1.29, 1.82) is 0 Å². The van der Waals surface area contributed by atoms with Crippen LogP contribution in [-0.2, 0) is 6.37 Å². The van der Waals surface area contributed by atoms with Crippen LogP contribution in [0.15, 0.2) is 85.1 Å². The molecule has 2 heteroatoms. The molecule has 0 saturated carbocycles. The van der Waals surface area contributed by atoms with Crippen LogP contribution in [0.25, 0.3) is 42.6 Å². The van der Waals surface area contributed by atoms with E-state index >= 15 is 0 Å². The molecule has 2 aromatic heterocycles. The average molecular weight is 396 g/mol. The van der Waals surface area contributed by atoms with E-state index in [0.29, 0.717) is 5.56 Å². The second-order valence-electron chi connectivity index (χ2n) is 7.59. The van der Waals surface area contributed by atoms with Gasteiger partial charge in [-0.05, 0) is 47.2 Å². The zero-order valence-electron chi connectivity index (χ0n) is 18.5. The van der Waals surface area contributed by atoms with Crippen molar-refractivity contribution in [3.05, 3.63) is 90.6 Å². The Morgan fingerprint density at radius 2 is 1.72 bits per heavy atom. The van der Waals surface area contributed by atoms with Crippen molar-refractivity contribution in [3.63, 3.8) is 0 Å². The number of nitrogens with zero attached hydrogens (tertiary/aromatic N) is 1. The highest BCUT2D eigenvalue weighted by molar-refractivity contribution is 7.26. The zero-order chi connectivity index (χ0) is 21.6. The summed E-state index contributed by atoms with van der Waals surface area (Å²) in [6, 6.07) is 27.1. The standard InChI is InChI=1S/C27H23NS/c1-18(2)15-19-13-14-28-25(16-19)24-10-6-9-23-22-12-11-21(17-26(22)29-27(23)24)20-7-4-3-5-8-20/h3-14,16-18H,15H2,1-2H3/i15D2. The van der Waals surface area contributed by atoms with E-state index in [0.717, 1.165) is 11.3 Å². The molecule has 142 valence electrons. The summed E-state index contributed by atoms with van der Waals surface area (Å²) in [5.74, 6) is -0.112. The summed E-state index contributed by atoms with van der Waals surface area (Å²) in [5.41, 5.74) is 4.99. The third-order valence-electron chi connectivity index (χ3n) is 5.10. The summed E-state index contributed by atoms with van der Waals surface area (Å²) in [6.45, 7) is 3.83. The van der Waals surface area contributed by atoms with Gasteiger partial charge >= 0.3 is 0 Å². The van der Waals surface area contributed by atoms with E-state index < -0.39 is 6.37 Å². The number of fused-ring (bicyclic) bond motifs is 3. The van der Waals surface area contributed by atoms with Crippen molar-refractivity contribution >= 4 is 31.5 Å². The summed E-state index contributed by atoms with van der Waals surface area (Å²) >= 11 is 1.78. The van der Waals surface area contributed by atoms with Gasteiger partial charge in [-0.25, -0.2) is 0 Å². The number of pyridine rings is 1. The molecule has 3 aromatic carbocycles. The SMILES string of the molecule is [2H]C([2H])(c1ccnc(-c2cccc3c2sc2cc(-c4ccccc4)ccc23)c1)C(C)C. The molecule has 0 bridgehead atoms. The van der Waals surface area contributed by atoms with Gasteiger partial charge in [0.25, 0.3) is 0 Å². The second-order valence-corrected chi connectivity index (χ2v) is 8.64. The third-order valence-corrected chi connectivity index (χ3v) is 6.30. The highest BCUT2D eigenvalue weighted by Crippen LogP contribution is 2.40. The number of thiophene rings is 1. The number of rotatable bonds is 4. The van der Waals surface area contributed by atoms with Crippen molar-refractivity contribution in [2.75, 3.05) is 0 Å². The number of benzene rings is 3. The highest BCUT2D eigenvalue weighted by atomic mass is 32.1. The van der Waals surface area contributed by atoms with Gasteiger partial charge in [0.05, 0.1) is 5.69 Å². The summed E-state index contributed by atoms with van der Waals surface area (Å²) in [7, 11) is 0. The van der Waals surface area contributed by atoms with E-state index in [9.17, 15) is 0 Å². The Labute approximate surface area is 178 Å².